The number of hydrogen-bond donors (Lipinski definition) is 0. The van der Waals surface area contributed by atoms with E-state index >= 15 is 0 Å². The van der Waals surface area contributed by atoms with E-state index in [1.54, 1.807) is 17.0 Å². The molecule has 94 valence electrons. The van der Waals surface area contributed by atoms with Gasteiger partial charge >= 0.3 is 0 Å². The Kier molecular flexibility index (Phi) is 2.54. The standard InChI is InChI=1S/C13H14N2O3/c16-13-6-3-10-7-11(15(17)18)4-5-12(10)14(13)8-9-1-2-9/h4-5,7,9H,1-3,6,8H2. The largest absolute Gasteiger partial charge is 0.312 e. The first kappa shape index (κ1) is 11.2. The number of carbonyl (C=O) groups is 1. The molecule has 1 fully saturated rings. The van der Waals surface area contributed by atoms with Gasteiger partial charge in [-0.2, -0.15) is 0 Å². The van der Waals surface area contributed by atoms with Gasteiger partial charge in [0.2, 0.25) is 5.91 Å². The van der Waals surface area contributed by atoms with Gasteiger partial charge in [0.1, 0.15) is 0 Å². The molecule has 2 aliphatic rings. The normalized spacial score (nSPS) is 18.7. The van der Waals surface area contributed by atoms with Crippen molar-refractivity contribution in [2.75, 3.05) is 11.4 Å². The summed E-state index contributed by atoms with van der Waals surface area (Å²) in [5.41, 5.74) is 1.89. The molecule has 0 unspecified atom stereocenters. The van der Waals surface area contributed by atoms with E-state index in [2.05, 4.69) is 0 Å². The monoisotopic (exact) mass is 246 g/mol. The lowest BCUT2D eigenvalue weighted by Crippen LogP contribution is -2.36. The molecular weight excluding hydrogens is 232 g/mol. The van der Waals surface area contributed by atoms with Crippen LogP contribution >= 0.6 is 0 Å². The fourth-order valence-corrected chi connectivity index (χ4v) is 2.42. The molecule has 1 aliphatic carbocycles. The molecule has 1 amide bonds. The van der Waals surface area contributed by atoms with Gasteiger partial charge < -0.3 is 4.90 Å². The number of aryl methyl sites for hydroxylation is 1. The number of non-ortho nitro benzene ring substituents is 1. The zero-order valence-corrected chi connectivity index (χ0v) is 9.96. The number of benzene rings is 1. The summed E-state index contributed by atoms with van der Waals surface area (Å²) in [6, 6.07) is 4.80. The third-order valence-electron chi connectivity index (χ3n) is 3.61. The third-order valence-corrected chi connectivity index (χ3v) is 3.61. The second-order valence-corrected chi connectivity index (χ2v) is 5.02. The van der Waals surface area contributed by atoms with Crippen molar-refractivity contribution >= 4 is 17.3 Å². The maximum atomic E-state index is 11.9. The van der Waals surface area contributed by atoms with E-state index in [1.165, 1.54) is 18.9 Å². The number of nitrogens with zero attached hydrogens (tertiary/aromatic N) is 2. The van der Waals surface area contributed by atoms with Gasteiger partial charge in [0, 0.05) is 30.8 Å². The molecule has 0 atom stereocenters. The summed E-state index contributed by atoms with van der Waals surface area (Å²) in [5, 5.41) is 10.7. The highest BCUT2D eigenvalue weighted by molar-refractivity contribution is 5.96. The number of rotatable bonds is 3. The lowest BCUT2D eigenvalue weighted by molar-refractivity contribution is -0.384. The summed E-state index contributed by atoms with van der Waals surface area (Å²) >= 11 is 0. The molecule has 1 aliphatic heterocycles. The van der Waals surface area contributed by atoms with Crippen molar-refractivity contribution in [2.45, 2.75) is 25.7 Å². The third kappa shape index (κ3) is 1.96. The first-order valence-electron chi connectivity index (χ1n) is 6.23. The van der Waals surface area contributed by atoms with E-state index in [1.807, 2.05) is 0 Å². The highest BCUT2D eigenvalue weighted by atomic mass is 16.6. The van der Waals surface area contributed by atoms with Gasteiger partial charge in [-0.25, -0.2) is 0 Å². The maximum Gasteiger partial charge on any atom is 0.269 e. The van der Waals surface area contributed by atoms with Gasteiger partial charge in [-0.1, -0.05) is 0 Å². The maximum absolute atomic E-state index is 11.9. The summed E-state index contributed by atoms with van der Waals surface area (Å²) in [4.78, 5) is 24.1. The Morgan fingerprint density at radius 3 is 2.78 bits per heavy atom. The van der Waals surface area contributed by atoms with Crippen LogP contribution in [0.25, 0.3) is 0 Å². The van der Waals surface area contributed by atoms with Gasteiger partial charge in [0.05, 0.1) is 4.92 Å². The topological polar surface area (TPSA) is 63.4 Å². The number of nitro benzene ring substituents is 1. The smallest absolute Gasteiger partial charge is 0.269 e. The number of carbonyl (C=O) groups excluding carboxylic acids is 1. The van der Waals surface area contributed by atoms with Crippen molar-refractivity contribution in [3.63, 3.8) is 0 Å². The minimum atomic E-state index is -0.387. The molecule has 3 rings (SSSR count). The van der Waals surface area contributed by atoms with Gasteiger partial charge in [0.15, 0.2) is 0 Å². The summed E-state index contributed by atoms with van der Waals surface area (Å²) in [5.74, 6) is 0.762. The van der Waals surface area contributed by atoms with Crippen molar-refractivity contribution in [1.82, 2.24) is 0 Å². The zero-order valence-electron chi connectivity index (χ0n) is 9.96. The van der Waals surface area contributed by atoms with E-state index in [0.29, 0.717) is 18.8 Å². The molecule has 1 heterocycles. The van der Waals surface area contributed by atoms with Gasteiger partial charge in [-0.05, 0) is 36.8 Å². The zero-order chi connectivity index (χ0) is 12.7. The molecule has 0 saturated heterocycles. The van der Waals surface area contributed by atoms with Gasteiger partial charge in [0.25, 0.3) is 5.69 Å². The lowest BCUT2D eigenvalue weighted by Gasteiger charge is -2.29. The minimum Gasteiger partial charge on any atom is -0.312 e. The van der Waals surface area contributed by atoms with Gasteiger partial charge in [-0.3, -0.25) is 14.9 Å². The molecule has 0 spiro atoms. The summed E-state index contributed by atoms with van der Waals surface area (Å²) in [7, 11) is 0. The second kappa shape index (κ2) is 4.08. The first-order chi connectivity index (χ1) is 8.65. The van der Waals surface area contributed by atoms with Crippen LogP contribution in [0.15, 0.2) is 18.2 Å². The Morgan fingerprint density at radius 1 is 1.33 bits per heavy atom. The SMILES string of the molecule is O=C1CCc2cc([N+](=O)[O-])ccc2N1CC1CC1. The van der Waals surface area contributed by atoms with Gasteiger partial charge in [-0.15, -0.1) is 0 Å². The molecule has 1 aromatic rings. The Bertz CT molecular complexity index is 523. The van der Waals surface area contributed by atoms with Crippen molar-refractivity contribution in [3.8, 4) is 0 Å². The summed E-state index contributed by atoms with van der Waals surface area (Å²) in [6.45, 7) is 0.768. The van der Waals surface area contributed by atoms with Crippen molar-refractivity contribution < 1.29 is 9.72 Å². The van der Waals surface area contributed by atoms with Crippen LogP contribution in [0.1, 0.15) is 24.8 Å². The van der Waals surface area contributed by atoms with Crippen LogP contribution in [0, 0.1) is 16.0 Å². The first-order valence-corrected chi connectivity index (χ1v) is 6.23. The number of fused-ring (bicyclic) bond motifs is 1. The molecule has 1 aromatic carbocycles. The molecular formula is C13H14N2O3. The van der Waals surface area contributed by atoms with E-state index in [9.17, 15) is 14.9 Å². The number of hydrogen-bond acceptors (Lipinski definition) is 3. The average Bonchev–Trinajstić information content (AvgIpc) is 3.16. The predicted octanol–water partition coefficient (Wildman–Crippen LogP) is 2.28. The quantitative estimate of drug-likeness (QED) is 0.607. The van der Waals surface area contributed by atoms with Crippen LogP contribution in [-0.2, 0) is 11.2 Å². The van der Waals surface area contributed by atoms with Crippen molar-refractivity contribution in [2.24, 2.45) is 5.92 Å². The van der Waals surface area contributed by atoms with Crippen LogP contribution < -0.4 is 4.90 Å². The van der Waals surface area contributed by atoms with Crippen molar-refractivity contribution in [1.29, 1.82) is 0 Å². The fourth-order valence-electron chi connectivity index (χ4n) is 2.42. The van der Waals surface area contributed by atoms with Crippen LogP contribution in [0.2, 0.25) is 0 Å². The molecule has 1 saturated carbocycles. The van der Waals surface area contributed by atoms with Crippen LogP contribution in [0.5, 0.6) is 0 Å². The van der Waals surface area contributed by atoms with E-state index in [-0.39, 0.29) is 16.5 Å². The lowest BCUT2D eigenvalue weighted by atomic mass is 10.00. The Balaban J connectivity index is 1.95. The molecule has 0 radical (unpaired) electrons. The number of nitro groups is 1. The minimum absolute atomic E-state index is 0.106. The highest BCUT2D eigenvalue weighted by Gasteiger charge is 2.31. The number of anilines is 1. The Hall–Kier alpha value is -1.91. The summed E-state index contributed by atoms with van der Waals surface area (Å²) < 4.78 is 0. The Morgan fingerprint density at radius 2 is 2.11 bits per heavy atom. The van der Waals surface area contributed by atoms with Crippen LogP contribution in [0.3, 0.4) is 0 Å². The molecule has 5 nitrogen and oxygen atoms in total. The highest BCUT2D eigenvalue weighted by Crippen LogP contribution is 2.36. The molecule has 0 N–H and O–H groups in total. The van der Waals surface area contributed by atoms with E-state index in [0.717, 1.165) is 17.8 Å². The van der Waals surface area contributed by atoms with Crippen molar-refractivity contribution in [3.05, 3.63) is 33.9 Å². The number of amides is 1. The average molecular weight is 246 g/mol. The van der Waals surface area contributed by atoms with Crippen LogP contribution in [-0.4, -0.2) is 17.4 Å². The predicted molar refractivity (Wildman–Crippen MR) is 66.5 cm³/mol. The Labute approximate surface area is 105 Å². The van der Waals surface area contributed by atoms with E-state index < -0.39 is 0 Å². The van der Waals surface area contributed by atoms with E-state index in [4.69, 9.17) is 0 Å². The second-order valence-electron chi connectivity index (χ2n) is 5.02. The van der Waals surface area contributed by atoms with Crippen LogP contribution in [0.4, 0.5) is 11.4 Å². The summed E-state index contributed by atoms with van der Waals surface area (Å²) in [6.07, 6.45) is 3.44. The molecule has 0 aromatic heterocycles. The fraction of sp³-hybridized carbons (Fsp3) is 0.462. The molecule has 0 bridgehead atoms. The molecule has 18 heavy (non-hydrogen) atoms. The molecule has 5 heteroatoms.